The lowest BCUT2D eigenvalue weighted by Gasteiger charge is -2.20. The Morgan fingerprint density at radius 1 is 1.11 bits per heavy atom. The Hall–Kier alpha value is -2.30. The summed E-state index contributed by atoms with van der Waals surface area (Å²) in [4.78, 5) is 3.90. The van der Waals surface area contributed by atoms with Gasteiger partial charge in [-0.15, -0.1) is 11.3 Å². The third kappa shape index (κ3) is 3.73. The van der Waals surface area contributed by atoms with E-state index in [-0.39, 0.29) is 0 Å². The van der Waals surface area contributed by atoms with Crippen molar-refractivity contribution in [3.63, 3.8) is 0 Å². The van der Waals surface area contributed by atoms with Crippen LogP contribution in [0, 0.1) is 13.8 Å². The van der Waals surface area contributed by atoms with E-state index in [1.165, 1.54) is 32.7 Å². The molecule has 2 aromatic carbocycles. The fraction of sp³-hybridized carbons (Fsp3) is 0.304. The Balaban J connectivity index is 1.70. The fourth-order valence-corrected chi connectivity index (χ4v) is 4.59. The summed E-state index contributed by atoms with van der Waals surface area (Å²) in [7, 11) is 1.72. The zero-order valence-electron chi connectivity index (χ0n) is 16.1. The summed E-state index contributed by atoms with van der Waals surface area (Å²) >= 11 is 1.83. The van der Waals surface area contributed by atoms with Gasteiger partial charge in [0.1, 0.15) is 6.61 Å². The lowest BCUT2D eigenvalue weighted by atomic mass is 9.97. The standard InChI is InChI=1S/C23H25NO2S/c1-16-6-4-5-7-20(16)18-12-19-14-24(15-22-17(2)8-11-27-22)9-10-26-23(19)21(13-18)25-3/h4-8,11-13H,9-10,14-15H2,1-3H3. The highest BCUT2D eigenvalue weighted by Crippen LogP contribution is 2.39. The number of aryl methyl sites for hydroxylation is 2. The molecular weight excluding hydrogens is 354 g/mol. The van der Waals surface area contributed by atoms with Gasteiger partial charge in [0.15, 0.2) is 11.5 Å². The highest BCUT2D eigenvalue weighted by Gasteiger charge is 2.21. The molecule has 1 aliphatic heterocycles. The number of hydrogen-bond acceptors (Lipinski definition) is 4. The van der Waals surface area contributed by atoms with E-state index in [4.69, 9.17) is 9.47 Å². The van der Waals surface area contributed by atoms with Crippen LogP contribution in [0.5, 0.6) is 11.5 Å². The molecule has 4 rings (SSSR count). The minimum absolute atomic E-state index is 0.678. The molecule has 1 aliphatic rings. The van der Waals surface area contributed by atoms with Crippen molar-refractivity contribution in [2.45, 2.75) is 26.9 Å². The van der Waals surface area contributed by atoms with E-state index in [1.54, 1.807) is 7.11 Å². The SMILES string of the molecule is COc1cc(-c2ccccc2C)cc2c1OCCN(Cc1sccc1C)C2. The third-order valence-electron chi connectivity index (χ3n) is 5.19. The van der Waals surface area contributed by atoms with Crippen molar-refractivity contribution in [2.75, 3.05) is 20.3 Å². The van der Waals surface area contributed by atoms with Crippen molar-refractivity contribution >= 4 is 11.3 Å². The van der Waals surface area contributed by atoms with Crippen LogP contribution in [0.15, 0.2) is 47.8 Å². The molecule has 3 nitrogen and oxygen atoms in total. The van der Waals surface area contributed by atoms with Gasteiger partial charge >= 0.3 is 0 Å². The van der Waals surface area contributed by atoms with Crippen LogP contribution in [-0.4, -0.2) is 25.2 Å². The van der Waals surface area contributed by atoms with Crippen molar-refractivity contribution < 1.29 is 9.47 Å². The first kappa shape index (κ1) is 18.1. The molecule has 0 bridgehead atoms. The Morgan fingerprint density at radius 2 is 1.96 bits per heavy atom. The van der Waals surface area contributed by atoms with E-state index in [0.29, 0.717) is 6.61 Å². The van der Waals surface area contributed by atoms with E-state index in [9.17, 15) is 0 Å². The molecule has 0 saturated carbocycles. The van der Waals surface area contributed by atoms with Crippen molar-refractivity contribution in [1.29, 1.82) is 0 Å². The molecule has 0 amide bonds. The average Bonchev–Trinajstić information content (AvgIpc) is 2.95. The van der Waals surface area contributed by atoms with Crippen molar-refractivity contribution in [3.05, 3.63) is 69.4 Å². The van der Waals surface area contributed by atoms with E-state index >= 15 is 0 Å². The Kier molecular flexibility index (Phi) is 5.19. The van der Waals surface area contributed by atoms with Crippen LogP contribution in [0.2, 0.25) is 0 Å². The van der Waals surface area contributed by atoms with Crippen LogP contribution in [0.4, 0.5) is 0 Å². The molecule has 2 heterocycles. The quantitative estimate of drug-likeness (QED) is 0.603. The van der Waals surface area contributed by atoms with Crippen LogP contribution < -0.4 is 9.47 Å². The zero-order chi connectivity index (χ0) is 18.8. The second-order valence-corrected chi connectivity index (χ2v) is 8.07. The van der Waals surface area contributed by atoms with Gasteiger partial charge in [-0.2, -0.15) is 0 Å². The second kappa shape index (κ2) is 7.75. The number of ether oxygens (including phenoxy) is 2. The van der Waals surface area contributed by atoms with Gasteiger partial charge in [-0.1, -0.05) is 24.3 Å². The number of hydrogen-bond donors (Lipinski definition) is 0. The number of methoxy groups -OCH3 is 1. The minimum atomic E-state index is 0.678. The first-order chi connectivity index (χ1) is 13.2. The Morgan fingerprint density at radius 3 is 2.70 bits per heavy atom. The van der Waals surface area contributed by atoms with Gasteiger partial charge in [0, 0.05) is 30.1 Å². The molecule has 140 valence electrons. The zero-order valence-corrected chi connectivity index (χ0v) is 16.9. The Labute approximate surface area is 165 Å². The normalized spacial score (nSPS) is 14.3. The molecule has 4 heteroatoms. The van der Waals surface area contributed by atoms with Crippen LogP contribution in [0.3, 0.4) is 0 Å². The average molecular weight is 380 g/mol. The monoisotopic (exact) mass is 379 g/mol. The van der Waals surface area contributed by atoms with Crippen molar-refractivity contribution in [3.8, 4) is 22.6 Å². The minimum Gasteiger partial charge on any atom is -0.493 e. The number of benzene rings is 2. The third-order valence-corrected chi connectivity index (χ3v) is 6.20. The van der Waals surface area contributed by atoms with Crippen LogP contribution in [0.1, 0.15) is 21.6 Å². The summed E-state index contributed by atoms with van der Waals surface area (Å²) in [5.74, 6) is 1.71. The van der Waals surface area contributed by atoms with Gasteiger partial charge in [0.25, 0.3) is 0 Å². The predicted octanol–water partition coefficient (Wildman–Crippen LogP) is 5.44. The molecule has 0 spiro atoms. The van der Waals surface area contributed by atoms with Crippen LogP contribution in [-0.2, 0) is 13.1 Å². The summed E-state index contributed by atoms with van der Waals surface area (Å²) < 4.78 is 11.8. The summed E-state index contributed by atoms with van der Waals surface area (Å²) in [5.41, 5.74) is 6.25. The summed E-state index contributed by atoms with van der Waals surface area (Å²) in [6, 6.07) is 15.0. The lowest BCUT2D eigenvalue weighted by molar-refractivity contribution is 0.218. The van der Waals surface area contributed by atoms with Crippen molar-refractivity contribution in [1.82, 2.24) is 4.90 Å². The smallest absolute Gasteiger partial charge is 0.165 e. The molecular formula is C23H25NO2S. The van der Waals surface area contributed by atoms with Gasteiger partial charge in [-0.05, 0) is 59.7 Å². The number of nitrogens with zero attached hydrogens (tertiary/aromatic N) is 1. The highest BCUT2D eigenvalue weighted by atomic mass is 32.1. The first-order valence-electron chi connectivity index (χ1n) is 9.30. The molecule has 1 aromatic heterocycles. The van der Waals surface area contributed by atoms with E-state index in [2.05, 4.69) is 66.6 Å². The van der Waals surface area contributed by atoms with Crippen molar-refractivity contribution in [2.24, 2.45) is 0 Å². The maximum absolute atomic E-state index is 6.11. The molecule has 0 unspecified atom stereocenters. The van der Waals surface area contributed by atoms with Gasteiger partial charge in [0.05, 0.1) is 7.11 Å². The van der Waals surface area contributed by atoms with E-state index in [0.717, 1.165) is 31.1 Å². The lowest BCUT2D eigenvalue weighted by Crippen LogP contribution is -2.25. The predicted molar refractivity (Wildman–Crippen MR) is 112 cm³/mol. The van der Waals surface area contributed by atoms with Gasteiger partial charge in [-0.25, -0.2) is 0 Å². The summed E-state index contributed by atoms with van der Waals surface area (Å²) in [6.07, 6.45) is 0. The van der Waals surface area contributed by atoms with Crippen LogP contribution >= 0.6 is 11.3 Å². The molecule has 3 aromatic rings. The molecule has 27 heavy (non-hydrogen) atoms. The molecule has 0 saturated heterocycles. The number of rotatable bonds is 4. The van der Waals surface area contributed by atoms with Gasteiger partial charge < -0.3 is 9.47 Å². The topological polar surface area (TPSA) is 21.7 Å². The second-order valence-electron chi connectivity index (χ2n) is 7.07. The van der Waals surface area contributed by atoms with Crippen LogP contribution in [0.25, 0.3) is 11.1 Å². The molecule has 0 atom stereocenters. The highest BCUT2D eigenvalue weighted by molar-refractivity contribution is 7.10. The first-order valence-corrected chi connectivity index (χ1v) is 10.2. The molecule has 0 radical (unpaired) electrons. The maximum Gasteiger partial charge on any atom is 0.165 e. The van der Waals surface area contributed by atoms with Gasteiger partial charge in [-0.3, -0.25) is 4.90 Å². The number of thiophene rings is 1. The van der Waals surface area contributed by atoms with E-state index < -0.39 is 0 Å². The largest absolute Gasteiger partial charge is 0.493 e. The van der Waals surface area contributed by atoms with Gasteiger partial charge in [0.2, 0.25) is 0 Å². The molecule has 0 N–H and O–H groups in total. The fourth-order valence-electron chi connectivity index (χ4n) is 3.65. The van der Waals surface area contributed by atoms with E-state index in [1.807, 2.05) is 11.3 Å². The molecule has 0 fully saturated rings. The maximum atomic E-state index is 6.11. The Bertz CT molecular complexity index is 947. The summed E-state index contributed by atoms with van der Waals surface area (Å²) in [5, 5.41) is 2.17. The summed E-state index contributed by atoms with van der Waals surface area (Å²) in [6.45, 7) is 7.75. The number of fused-ring (bicyclic) bond motifs is 1. The molecule has 0 aliphatic carbocycles.